The first kappa shape index (κ1) is 19.5. The van der Waals surface area contributed by atoms with Crippen LogP contribution in [0.25, 0.3) is 0 Å². The molecule has 9 heteroatoms. The van der Waals surface area contributed by atoms with Gasteiger partial charge in [0.15, 0.2) is 0 Å². The smallest absolute Gasteiger partial charge is 0.356 e. The molecule has 1 fully saturated rings. The normalized spacial score (nSPS) is 24.7. The zero-order valence-electron chi connectivity index (χ0n) is 14.5. The summed E-state index contributed by atoms with van der Waals surface area (Å²) in [5.41, 5.74) is 5.49. The van der Waals surface area contributed by atoms with Gasteiger partial charge < -0.3 is 15.6 Å². The molecule has 3 N–H and O–H groups in total. The number of amides is 2. The van der Waals surface area contributed by atoms with Crippen molar-refractivity contribution in [3.8, 4) is 0 Å². The maximum atomic E-state index is 12.4. The molecule has 0 radical (unpaired) electrons. The van der Waals surface area contributed by atoms with Crippen LogP contribution in [0, 0.1) is 5.92 Å². The SMILES string of the molecule is C=CCOC(=O)C1=C(CN(C)[C@H](C)C(N)=O)S[C@@H]2[C@@H]([C@@H](C)O)C(=O)N12. The van der Waals surface area contributed by atoms with Crippen LogP contribution in [0.2, 0.25) is 0 Å². The van der Waals surface area contributed by atoms with Crippen molar-refractivity contribution < 1.29 is 24.2 Å². The molecule has 0 spiro atoms. The molecule has 0 aromatic heterocycles. The summed E-state index contributed by atoms with van der Waals surface area (Å²) in [7, 11) is 1.71. The molecular formula is C16H23N3O5S. The van der Waals surface area contributed by atoms with E-state index in [9.17, 15) is 19.5 Å². The summed E-state index contributed by atoms with van der Waals surface area (Å²) in [5, 5.41) is 9.46. The summed E-state index contributed by atoms with van der Waals surface area (Å²) in [6.07, 6.45) is 0.628. The van der Waals surface area contributed by atoms with Gasteiger partial charge in [0.25, 0.3) is 0 Å². The molecule has 25 heavy (non-hydrogen) atoms. The monoisotopic (exact) mass is 369 g/mol. The largest absolute Gasteiger partial charge is 0.457 e. The van der Waals surface area contributed by atoms with E-state index in [4.69, 9.17) is 10.5 Å². The molecule has 2 amide bonds. The number of ether oxygens (including phenoxy) is 1. The van der Waals surface area contributed by atoms with Crippen molar-refractivity contribution in [2.45, 2.75) is 31.4 Å². The zero-order chi connectivity index (χ0) is 18.9. The number of likely N-dealkylation sites (N-methyl/N-ethyl adjacent to an activating group) is 1. The van der Waals surface area contributed by atoms with Crippen molar-refractivity contribution in [2.24, 2.45) is 11.7 Å². The highest BCUT2D eigenvalue weighted by atomic mass is 32.2. The predicted molar refractivity (Wildman–Crippen MR) is 92.9 cm³/mol. The number of aliphatic hydroxyl groups is 1. The molecule has 0 unspecified atom stereocenters. The summed E-state index contributed by atoms with van der Waals surface area (Å²) in [6, 6.07) is -0.532. The molecule has 0 saturated carbocycles. The fraction of sp³-hybridized carbons (Fsp3) is 0.562. The third-order valence-electron chi connectivity index (χ3n) is 4.36. The first-order valence-electron chi connectivity index (χ1n) is 7.89. The van der Waals surface area contributed by atoms with Crippen LogP contribution in [0.3, 0.4) is 0 Å². The van der Waals surface area contributed by atoms with Crippen molar-refractivity contribution in [3.05, 3.63) is 23.3 Å². The lowest BCUT2D eigenvalue weighted by molar-refractivity contribution is -0.158. The van der Waals surface area contributed by atoms with E-state index in [1.807, 2.05) is 0 Å². The lowest BCUT2D eigenvalue weighted by Gasteiger charge is -2.43. The molecule has 0 aromatic carbocycles. The molecule has 8 nitrogen and oxygen atoms in total. The van der Waals surface area contributed by atoms with Crippen molar-refractivity contribution >= 4 is 29.5 Å². The number of thioether (sulfide) groups is 1. The van der Waals surface area contributed by atoms with Gasteiger partial charge in [-0.25, -0.2) is 4.79 Å². The molecule has 1 saturated heterocycles. The van der Waals surface area contributed by atoms with Crippen LogP contribution in [-0.4, -0.2) is 70.4 Å². The second kappa shape index (κ2) is 7.59. The number of fused-ring (bicyclic) bond motifs is 1. The van der Waals surface area contributed by atoms with Crippen LogP contribution in [0.1, 0.15) is 13.8 Å². The van der Waals surface area contributed by atoms with Crippen molar-refractivity contribution in [2.75, 3.05) is 20.2 Å². The average molecular weight is 369 g/mol. The summed E-state index contributed by atoms with van der Waals surface area (Å²) in [4.78, 5) is 39.8. The Morgan fingerprint density at radius 2 is 2.16 bits per heavy atom. The molecule has 138 valence electrons. The molecular weight excluding hydrogens is 346 g/mol. The first-order chi connectivity index (χ1) is 11.7. The van der Waals surface area contributed by atoms with Gasteiger partial charge in [0, 0.05) is 11.4 Å². The van der Waals surface area contributed by atoms with E-state index in [-0.39, 0.29) is 30.1 Å². The Balaban J connectivity index is 2.27. The number of carbonyl (C=O) groups excluding carboxylic acids is 3. The topological polar surface area (TPSA) is 113 Å². The van der Waals surface area contributed by atoms with E-state index < -0.39 is 29.9 Å². The van der Waals surface area contributed by atoms with Gasteiger partial charge in [-0.2, -0.15) is 0 Å². The third kappa shape index (κ3) is 3.58. The number of nitrogens with zero attached hydrogens (tertiary/aromatic N) is 2. The average Bonchev–Trinajstić information content (AvgIpc) is 2.85. The van der Waals surface area contributed by atoms with E-state index in [1.165, 1.54) is 22.7 Å². The second-order valence-electron chi connectivity index (χ2n) is 6.14. The first-order valence-corrected chi connectivity index (χ1v) is 8.77. The summed E-state index contributed by atoms with van der Waals surface area (Å²) < 4.78 is 5.10. The van der Waals surface area contributed by atoms with E-state index in [2.05, 4.69) is 6.58 Å². The molecule has 4 atom stereocenters. The Kier molecular flexibility index (Phi) is 5.91. The van der Waals surface area contributed by atoms with Crippen LogP contribution in [0.15, 0.2) is 23.3 Å². The second-order valence-corrected chi connectivity index (χ2v) is 7.35. The van der Waals surface area contributed by atoms with Gasteiger partial charge in [-0.3, -0.25) is 19.4 Å². The van der Waals surface area contributed by atoms with Crippen LogP contribution in [0.4, 0.5) is 0 Å². The lowest BCUT2D eigenvalue weighted by atomic mass is 9.92. The molecule has 0 aliphatic carbocycles. The number of rotatable bonds is 8. The van der Waals surface area contributed by atoms with Crippen molar-refractivity contribution in [1.82, 2.24) is 9.80 Å². The molecule has 0 aromatic rings. The van der Waals surface area contributed by atoms with Gasteiger partial charge in [-0.05, 0) is 20.9 Å². The number of hydrogen-bond donors (Lipinski definition) is 2. The van der Waals surface area contributed by atoms with E-state index in [1.54, 1.807) is 25.8 Å². The Morgan fingerprint density at radius 1 is 1.52 bits per heavy atom. The minimum Gasteiger partial charge on any atom is -0.457 e. The third-order valence-corrected chi connectivity index (χ3v) is 5.72. The number of hydrogen-bond acceptors (Lipinski definition) is 7. The maximum absolute atomic E-state index is 12.4. The van der Waals surface area contributed by atoms with E-state index >= 15 is 0 Å². The van der Waals surface area contributed by atoms with Crippen LogP contribution in [-0.2, 0) is 19.1 Å². The number of esters is 1. The van der Waals surface area contributed by atoms with Crippen LogP contribution < -0.4 is 5.73 Å². The number of aliphatic hydroxyl groups excluding tert-OH is 1. The molecule has 2 rings (SSSR count). The molecule has 2 aliphatic heterocycles. The summed E-state index contributed by atoms with van der Waals surface area (Å²) in [5.74, 6) is -1.98. The van der Waals surface area contributed by atoms with Gasteiger partial charge in [-0.15, -0.1) is 11.8 Å². The Labute approximate surface area is 150 Å². The van der Waals surface area contributed by atoms with E-state index in [0.717, 1.165) is 0 Å². The van der Waals surface area contributed by atoms with Crippen LogP contribution in [0.5, 0.6) is 0 Å². The van der Waals surface area contributed by atoms with Crippen molar-refractivity contribution in [3.63, 3.8) is 0 Å². The molecule has 2 aliphatic rings. The quantitative estimate of drug-likeness (QED) is 0.341. The van der Waals surface area contributed by atoms with Gasteiger partial charge in [0.1, 0.15) is 17.7 Å². The maximum Gasteiger partial charge on any atom is 0.356 e. The summed E-state index contributed by atoms with van der Waals surface area (Å²) >= 11 is 1.33. The Hall–Kier alpha value is -1.84. The standard InChI is InChI=1S/C16H23N3O5S/c1-5-6-24-16(23)12-10(7-18(4)8(2)13(17)21)25-15-11(9(3)20)14(22)19(12)15/h5,8-9,11,15,20H,1,6-7H2,2-4H3,(H2,17,21)/t8-,9-,11+,15-/m1/s1. The highest BCUT2D eigenvalue weighted by molar-refractivity contribution is 8.04. The highest BCUT2D eigenvalue weighted by Gasteiger charge is 2.57. The number of carbonyl (C=O) groups is 3. The lowest BCUT2D eigenvalue weighted by Crippen LogP contribution is -2.60. The number of β-lactam (4-membered cyclic amide) rings is 1. The van der Waals surface area contributed by atoms with Crippen LogP contribution >= 0.6 is 11.8 Å². The fourth-order valence-corrected chi connectivity index (χ4v) is 4.41. The minimum atomic E-state index is -0.812. The summed E-state index contributed by atoms with van der Waals surface area (Å²) in [6.45, 7) is 7.00. The number of nitrogens with two attached hydrogens (primary N) is 1. The molecule has 0 bridgehead atoms. The van der Waals surface area contributed by atoms with E-state index in [0.29, 0.717) is 4.91 Å². The van der Waals surface area contributed by atoms with Gasteiger partial charge in [0.05, 0.1) is 18.1 Å². The van der Waals surface area contributed by atoms with Gasteiger partial charge >= 0.3 is 5.97 Å². The fourth-order valence-electron chi connectivity index (χ4n) is 2.74. The van der Waals surface area contributed by atoms with Gasteiger partial charge in [-0.1, -0.05) is 12.7 Å². The zero-order valence-corrected chi connectivity index (χ0v) is 15.3. The highest BCUT2D eigenvalue weighted by Crippen LogP contribution is 2.50. The Morgan fingerprint density at radius 3 is 2.68 bits per heavy atom. The predicted octanol–water partition coefficient (Wildman–Crippen LogP) is -0.355. The number of primary amides is 1. The Bertz CT molecular complexity index is 633. The van der Waals surface area contributed by atoms with Gasteiger partial charge in [0.2, 0.25) is 11.8 Å². The van der Waals surface area contributed by atoms with Crippen molar-refractivity contribution in [1.29, 1.82) is 0 Å². The minimum absolute atomic E-state index is 0.0281. The molecule has 2 heterocycles.